The third-order valence-electron chi connectivity index (χ3n) is 6.81. The Bertz CT molecular complexity index is 1270. The first kappa shape index (κ1) is 20.9. The largest absolute Gasteiger partial charge is 0.495 e. The van der Waals surface area contributed by atoms with Crippen molar-refractivity contribution in [1.82, 2.24) is 9.55 Å². The minimum Gasteiger partial charge on any atom is -0.495 e. The van der Waals surface area contributed by atoms with Crippen molar-refractivity contribution in [2.24, 2.45) is 0 Å². The standard InChI is InChI=1S/C27H26N2O2S/c1-3-17-32-26-28-24-20-12-6-5-11-19(20)18-27(15-9-4-10-16-27)23(24)25(30)29(26)21-13-7-8-14-22(21)31-2/h1,5-8,11-14H,4,9-10,15-18H2,2H3. The van der Waals surface area contributed by atoms with Gasteiger partial charge in [-0.2, -0.15) is 0 Å². The molecule has 1 saturated carbocycles. The molecule has 1 heterocycles. The maximum atomic E-state index is 14.4. The Hall–Kier alpha value is -2.97. The van der Waals surface area contributed by atoms with Crippen LogP contribution < -0.4 is 10.3 Å². The Labute approximate surface area is 193 Å². The van der Waals surface area contributed by atoms with Gasteiger partial charge in [0.05, 0.1) is 29.8 Å². The zero-order valence-electron chi connectivity index (χ0n) is 18.3. The van der Waals surface area contributed by atoms with E-state index in [-0.39, 0.29) is 11.0 Å². The third kappa shape index (κ3) is 3.34. The molecule has 2 aliphatic carbocycles. The molecule has 162 valence electrons. The molecule has 1 fully saturated rings. The summed E-state index contributed by atoms with van der Waals surface area (Å²) in [5.41, 5.74) is 4.62. The van der Waals surface area contributed by atoms with Crippen molar-refractivity contribution in [3.8, 4) is 35.0 Å². The molecule has 0 radical (unpaired) electrons. The second-order valence-electron chi connectivity index (χ2n) is 8.60. The number of methoxy groups -OCH3 is 1. The molecular formula is C27H26N2O2S. The van der Waals surface area contributed by atoms with Crippen LogP contribution in [0.15, 0.2) is 58.5 Å². The van der Waals surface area contributed by atoms with E-state index in [4.69, 9.17) is 16.1 Å². The van der Waals surface area contributed by atoms with Crippen LogP contribution in [0, 0.1) is 12.3 Å². The van der Waals surface area contributed by atoms with Gasteiger partial charge in [-0.1, -0.05) is 73.3 Å². The number of rotatable bonds is 4. The fourth-order valence-corrected chi connectivity index (χ4v) is 6.10. The highest BCUT2D eigenvalue weighted by atomic mass is 32.2. The van der Waals surface area contributed by atoms with Crippen molar-refractivity contribution in [3.05, 3.63) is 70.0 Å². The normalized spacial score (nSPS) is 16.1. The predicted octanol–water partition coefficient (Wildman–Crippen LogP) is 5.39. The molecule has 0 atom stereocenters. The molecule has 1 aromatic heterocycles. The van der Waals surface area contributed by atoms with E-state index in [9.17, 15) is 4.79 Å². The number of nitrogens with zero attached hydrogens (tertiary/aromatic N) is 2. The molecule has 4 nitrogen and oxygen atoms in total. The average molecular weight is 443 g/mol. The molecule has 3 aromatic rings. The predicted molar refractivity (Wildman–Crippen MR) is 130 cm³/mol. The summed E-state index contributed by atoms with van der Waals surface area (Å²) in [6, 6.07) is 16.0. The fraction of sp³-hybridized carbons (Fsp3) is 0.333. The highest BCUT2D eigenvalue weighted by Gasteiger charge is 2.43. The number of hydrogen-bond acceptors (Lipinski definition) is 4. The van der Waals surface area contributed by atoms with Crippen molar-refractivity contribution < 1.29 is 4.74 Å². The number of para-hydroxylation sites is 2. The summed E-state index contributed by atoms with van der Waals surface area (Å²) in [7, 11) is 1.63. The van der Waals surface area contributed by atoms with E-state index in [1.165, 1.54) is 23.7 Å². The molecular weight excluding hydrogens is 416 g/mol. The quantitative estimate of drug-likeness (QED) is 0.309. The van der Waals surface area contributed by atoms with Gasteiger partial charge in [-0.15, -0.1) is 6.42 Å². The Morgan fingerprint density at radius 3 is 2.66 bits per heavy atom. The maximum absolute atomic E-state index is 14.4. The van der Waals surface area contributed by atoms with Gasteiger partial charge in [0.1, 0.15) is 5.75 Å². The number of ether oxygens (including phenoxy) is 1. The van der Waals surface area contributed by atoms with Gasteiger partial charge in [-0.05, 0) is 37.0 Å². The van der Waals surface area contributed by atoms with Gasteiger partial charge in [0, 0.05) is 11.0 Å². The van der Waals surface area contributed by atoms with Gasteiger partial charge in [0.25, 0.3) is 5.56 Å². The van der Waals surface area contributed by atoms with Gasteiger partial charge >= 0.3 is 0 Å². The van der Waals surface area contributed by atoms with Crippen LogP contribution in [0.25, 0.3) is 16.9 Å². The Morgan fingerprint density at radius 1 is 1.12 bits per heavy atom. The molecule has 0 bridgehead atoms. The minimum atomic E-state index is -0.162. The van der Waals surface area contributed by atoms with E-state index in [2.05, 4.69) is 24.1 Å². The van der Waals surface area contributed by atoms with Gasteiger partial charge in [0.15, 0.2) is 5.16 Å². The first-order chi connectivity index (χ1) is 15.7. The van der Waals surface area contributed by atoms with Crippen molar-refractivity contribution in [2.45, 2.75) is 49.1 Å². The smallest absolute Gasteiger partial charge is 0.263 e. The third-order valence-corrected chi connectivity index (χ3v) is 7.65. The Balaban J connectivity index is 1.85. The summed E-state index contributed by atoms with van der Waals surface area (Å²) >= 11 is 1.42. The summed E-state index contributed by atoms with van der Waals surface area (Å²) in [5, 5.41) is 0.610. The molecule has 1 spiro atoms. The molecule has 0 saturated heterocycles. The van der Waals surface area contributed by atoms with E-state index in [1.54, 1.807) is 11.7 Å². The second kappa shape index (κ2) is 8.52. The van der Waals surface area contributed by atoms with Crippen LogP contribution >= 0.6 is 11.8 Å². The molecule has 0 N–H and O–H groups in total. The van der Waals surface area contributed by atoms with Crippen molar-refractivity contribution in [3.63, 3.8) is 0 Å². The van der Waals surface area contributed by atoms with E-state index in [1.807, 2.05) is 30.3 Å². The van der Waals surface area contributed by atoms with E-state index in [0.29, 0.717) is 22.3 Å². The van der Waals surface area contributed by atoms with Crippen molar-refractivity contribution in [2.75, 3.05) is 12.9 Å². The number of fused-ring (bicyclic) bond motifs is 4. The topological polar surface area (TPSA) is 44.1 Å². The van der Waals surface area contributed by atoms with Gasteiger partial charge in [-0.3, -0.25) is 9.36 Å². The lowest BCUT2D eigenvalue weighted by Crippen LogP contribution is -2.43. The van der Waals surface area contributed by atoms with Crippen molar-refractivity contribution >= 4 is 11.8 Å². The number of terminal acetylenes is 1. The van der Waals surface area contributed by atoms with Crippen LogP contribution in [0.3, 0.4) is 0 Å². The molecule has 2 aliphatic rings. The number of hydrogen-bond donors (Lipinski definition) is 0. The summed E-state index contributed by atoms with van der Waals surface area (Å²) in [5.74, 6) is 3.76. The molecule has 2 aromatic carbocycles. The highest BCUT2D eigenvalue weighted by Crippen LogP contribution is 2.49. The van der Waals surface area contributed by atoms with Crippen LogP contribution in [0.2, 0.25) is 0 Å². The van der Waals surface area contributed by atoms with Crippen LogP contribution in [0.1, 0.15) is 43.2 Å². The summed E-state index contributed by atoms with van der Waals surface area (Å²) in [6.07, 6.45) is 12.0. The molecule has 5 rings (SSSR count). The van der Waals surface area contributed by atoms with Gasteiger partial charge < -0.3 is 4.74 Å². The van der Waals surface area contributed by atoms with Crippen LogP contribution in [-0.4, -0.2) is 22.4 Å². The van der Waals surface area contributed by atoms with E-state index >= 15 is 0 Å². The number of benzene rings is 2. The summed E-state index contributed by atoms with van der Waals surface area (Å²) in [6.45, 7) is 0. The summed E-state index contributed by atoms with van der Waals surface area (Å²) < 4.78 is 7.34. The van der Waals surface area contributed by atoms with Crippen LogP contribution in [-0.2, 0) is 11.8 Å². The highest BCUT2D eigenvalue weighted by molar-refractivity contribution is 7.99. The SMILES string of the molecule is C#CCSc1nc2c(c(=O)n1-c1ccccc1OC)C1(CCCCC1)Cc1ccccc1-2. The summed E-state index contributed by atoms with van der Waals surface area (Å²) in [4.78, 5) is 19.5. The molecule has 0 unspecified atom stereocenters. The monoisotopic (exact) mass is 442 g/mol. The van der Waals surface area contributed by atoms with Gasteiger partial charge in [0.2, 0.25) is 0 Å². The molecule has 5 heteroatoms. The van der Waals surface area contributed by atoms with E-state index in [0.717, 1.165) is 48.9 Å². The first-order valence-electron chi connectivity index (χ1n) is 11.1. The Kier molecular flexibility index (Phi) is 5.57. The van der Waals surface area contributed by atoms with Crippen molar-refractivity contribution in [1.29, 1.82) is 0 Å². The lowest BCUT2D eigenvalue weighted by atomic mass is 9.62. The van der Waals surface area contributed by atoms with Crippen LogP contribution in [0.5, 0.6) is 5.75 Å². The molecule has 32 heavy (non-hydrogen) atoms. The number of thioether (sulfide) groups is 1. The second-order valence-corrected chi connectivity index (χ2v) is 9.54. The lowest BCUT2D eigenvalue weighted by Gasteiger charge is -2.42. The minimum absolute atomic E-state index is 0.00965. The van der Waals surface area contributed by atoms with Gasteiger partial charge in [-0.25, -0.2) is 4.98 Å². The Morgan fingerprint density at radius 2 is 1.88 bits per heavy atom. The molecule has 0 aliphatic heterocycles. The number of aromatic nitrogens is 2. The fourth-order valence-electron chi connectivity index (χ4n) is 5.42. The zero-order chi connectivity index (χ0) is 22.1. The first-order valence-corrected chi connectivity index (χ1v) is 12.1. The van der Waals surface area contributed by atoms with Crippen LogP contribution in [0.4, 0.5) is 0 Å². The lowest BCUT2D eigenvalue weighted by molar-refractivity contribution is 0.283. The average Bonchev–Trinajstić information content (AvgIpc) is 2.83. The molecule has 0 amide bonds. The van der Waals surface area contributed by atoms with E-state index < -0.39 is 0 Å². The maximum Gasteiger partial charge on any atom is 0.263 e. The zero-order valence-corrected chi connectivity index (χ0v) is 19.1.